The average molecular weight is 173 g/mol. The van der Waals surface area contributed by atoms with Gasteiger partial charge in [0.05, 0.1) is 6.20 Å². The van der Waals surface area contributed by atoms with Gasteiger partial charge in [-0.15, -0.1) is 9.36 Å². The summed E-state index contributed by atoms with van der Waals surface area (Å²) in [6.45, 7) is 2.10. The van der Waals surface area contributed by atoms with Crippen LogP contribution in [0.25, 0.3) is 5.69 Å². The number of hydrogen-bond donors (Lipinski definition) is 0. The monoisotopic (exact) mass is 173 g/mol. The fourth-order valence-corrected chi connectivity index (χ4v) is 1.51. The van der Waals surface area contributed by atoms with Crippen LogP contribution in [-0.4, -0.2) is 4.68 Å². The topological polar surface area (TPSA) is 8.81 Å². The zero-order valence-electron chi connectivity index (χ0n) is 7.94. The largest absolute Gasteiger partial charge is 0.198 e. The van der Waals surface area contributed by atoms with Crippen LogP contribution in [0.4, 0.5) is 0 Å². The molecule has 0 spiro atoms. The van der Waals surface area contributed by atoms with Crippen LogP contribution in [0.15, 0.2) is 42.7 Å². The van der Waals surface area contributed by atoms with E-state index in [1.165, 1.54) is 11.3 Å². The molecule has 0 radical (unpaired) electrons. The van der Waals surface area contributed by atoms with Crippen LogP contribution in [0.3, 0.4) is 0 Å². The van der Waals surface area contributed by atoms with Crippen LogP contribution in [-0.2, 0) is 7.05 Å². The molecule has 0 unspecified atom stereocenters. The van der Waals surface area contributed by atoms with Crippen LogP contribution in [0.2, 0.25) is 0 Å². The van der Waals surface area contributed by atoms with Crippen LogP contribution >= 0.6 is 0 Å². The minimum Gasteiger partial charge on any atom is -0.128 e. The molecule has 0 atom stereocenters. The van der Waals surface area contributed by atoms with Gasteiger partial charge in [0, 0.05) is 5.56 Å². The average Bonchev–Trinajstić information content (AvgIpc) is 2.47. The van der Waals surface area contributed by atoms with Gasteiger partial charge in [0.25, 0.3) is 0 Å². The van der Waals surface area contributed by atoms with Crippen molar-refractivity contribution in [1.29, 1.82) is 0 Å². The van der Waals surface area contributed by atoms with Gasteiger partial charge >= 0.3 is 0 Å². The molecule has 2 nitrogen and oxygen atoms in total. The predicted octanol–water partition coefficient (Wildman–Crippen LogP) is 1.61. The molecule has 1 aromatic carbocycles. The summed E-state index contributed by atoms with van der Waals surface area (Å²) in [6.07, 6.45) is 4.22. The maximum Gasteiger partial charge on any atom is 0.198 e. The molecule has 1 aromatic heterocycles. The summed E-state index contributed by atoms with van der Waals surface area (Å²) in [7, 11) is 2.04. The van der Waals surface area contributed by atoms with Crippen LogP contribution in [0.5, 0.6) is 0 Å². The second kappa shape index (κ2) is 3.05. The van der Waals surface area contributed by atoms with Gasteiger partial charge in [-0.3, -0.25) is 0 Å². The quantitative estimate of drug-likeness (QED) is 0.579. The normalized spacial score (nSPS) is 10.3. The second-order valence-electron chi connectivity index (χ2n) is 3.26. The van der Waals surface area contributed by atoms with Gasteiger partial charge in [-0.1, -0.05) is 18.2 Å². The Kier molecular flexibility index (Phi) is 1.89. The van der Waals surface area contributed by atoms with Gasteiger partial charge < -0.3 is 0 Å². The molecule has 0 amide bonds. The molecule has 66 valence electrons. The number of aryl methyl sites for hydroxylation is 2. The van der Waals surface area contributed by atoms with E-state index >= 15 is 0 Å². The first-order valence-electron chi connectivity index (χ1n) is 4.38. The Morgan fingerprint density at radius 1 is 1.15 bits per heavy atom. The van der Waals surface area contributed by atoms with E-state index in [-0.39, 0.29) is 0 Å². The highest BCUT2D eigenvalue weighted by Gasteiger charge is 2.06. The first-order chi connectivity index (χ1) is 6.27. The molecule has 0 aliphatic carbocycles. The highest BCUT2D eigenvalue weighted by atomic mass is 15.4. The Bertz CT molecular complexity index is 401. The zero-order valence-corrected chi connectivity index (χ0v) is 7.94. The van der Waals surface area contributed by atoms with Crippen LogP contribution in [0.1, 0.15) is 5.56 Å². The van der Waals surface area contributed by atoms with Crippen molar-refractivity contribution in [3.63, 3.8) is 0 Å². The summed E-state index contributed by atoms with van der Waals surface area (Å²) in [5, 5.41) is 0. The van der Waals surface area contributed by atoms with E-state index in [2.05, 4.69) is 40.8 Å². The Hall–Kier alpha value is -1.57. The molecule has 0 saturated heterocycles. The number of benzene rings is 1. The first kappa shape index (κ1) is 8.05. The molecular weight excluding hydrogens is 160 g/mol. The minimum absolute atomic E-state index is 1.19. The summed E-state index contributed by atoms with van der Waals surface area (Å²) < 4.78 is 4.19. The molecular formula is C11H13N2+. The van der Waals surface area contributed by atoms with Crippen molar-refractivity contribution in [2.75, 3.05) is 0 Å². The Labute approximate surface area is 78.0 Å². The summed E-state index contributed by atoms with van der Waals surface area (Å²) in [4.78, 5) is 0. The summed E-state index contributed by atoms with van der Waals surface area (Å²) in [5.41, 5.74) is 2.46. The first-order valence-corrected chi connectivity index (χ1v) is 4.38. The molecule has 2 heteroatoms. The van der Waals surface area contributed by atoms with Gasteiger partial charge in [-0.25, -0.2) is 0 Å². The summed E-state index contributed by atoms with van der Waals surface area (Å²) in [5.74, 6) is 0. The van der Waals surface area contributed by atoms with Crippen molar-refractivity contribution in [1.82, 2.24) is 4.68 Å². The zero-order chi connectivity index (χ0) is 9.26. The van der Waals surface area contributed by atoms with Gasteiger partial charge in [0.1, 0.15) is 5.69 Å². The standard InChI is InChI=1S/C11H13N2/c1-10-8-12(2)13(9-10)11-6-4-3-5-7-11/h3-9H,1-2H3/q+1. The number of nitrogens with zero attached hydrogens (tertiary/aromatic N) is 2. The van der Waals surface area contributed by atoms with E-state index < -0.39 is 0 Å². The van der Waals surface area contributed by atoms with Gasteiger partial charge in [-0.2, -0.15) is 0 Å². The van der Waals surface area contributed by atoms with Crippen molar-refractivity contribution < 1.29 is 4.68 Å². The van der Waals surface area contributed by atoms with E-state index in [9.17, 15) is 0 Å². The second-order valence-corrected chi connectivity index (χ2v) is 3.26. The molecule has 0 aliphatic rings. The van der Waals surface area contributed by atoms with Crippen molar-refractivity contribution in [2.24, 2.45) is 7.05 Å². The number of para-hydroxylation sites is 1. The van der Waals surface area contributed by atoms with E-state index in [0.29, 0.717) is 0 Å². The fraction of sp³-hybridized carbons (Fsp3) is 0.182. The van der Waals surface area contributed by atoms with Gasteiger partial charge in [0.2, 0.25) is 0 Å². The lowest BCUT2D eigenvalue weighted by Gasteiger charge is -1.97. The van der Waals surface area contributed by atoms with Crippen molar-refractivity contribution >= 4 is 0 Å². The Morgan fingerprint density at radius 2 is 1.85 bits per heavy atom. The lowest BCUT2D eigenvalue weighted by Crippen LogP contribution is -2.36. The third-order valence-electron chi connectivity index (χ3n) is 2.08. The van der Waals surface area contributed by atoms with E-state index in [0.717, 1.165) is 0 Å². The van der Waals surface area contributed by atoms with Gasteiger partial charge in [0.15, 0.2) is 13.2 Å². The van der Waals surface area contributed by atoms with E-state index in [4.69, 9.17) is 0 Å². The number of aromatic nitrogens is 2. The molecule has 2 rings (SSSR count). The third kappa shape index (κ3) is 1.47. The maximum absolute atomic E-state index is 2.12. The van der Waals surface area contributed by atoms with E-state index in [1.54, 1.807) is 0 Å². The number of rotatable bonds is 1. The van der Waals surface area contributed by atoms with Crippen LogP contribution in [0, 0.1) is 6.92 Å². The fourth-order valence-electron chi connectivity index (χ4n) is 1.51. The van der Waals surface area contributed by atoms with Crippen molar-refractivity contribution in [2.45, 2.75) is 6.92 Å². The summed E-state index contributed by atoms with van der Waals surface area (Å²) in [6, 6.07) is 10.3. The smallest absolute Gasteiger partial charge is 0.128 e. The molecule has 2 aromatic rings. The predicted molar refractivity (Wildman–Crippen MR) is 51.7 cm³/mol. The molecule has 0 aliphatic heterocycles. The highest BCUT2D eigenvalue weighted by Crippen LogP contribution is 2.04. The van der Waals surface area contributed by atoms with Crippen molar-refractivity contribution in [3.05, 3.63) is 48.3 Å². The molecule has 1 heterocycles. The summed E-state index contributed by atoms with van der Waals surface area (Å²) >= 11 is 0. The molecule has 0 saturated carbocycles. The lowest BCUT2D eigenvalue weighted by molar-refractivity contribution is -0.744. The maximum atomic E-state index is 2.12. The molecule has 0 N–H and O–H groups in total. The Balaban J connectivity index is 2.53. The Morgan fingerprint density at radius 3 is 2.38 bits per heavy atom. The number of hydrogen-bond acceptors (Lipinski definition) is 0. The highest BCUT2D eigenvalue weighted by molar-refractivity contribution is 5.29. The molecule has 13 heavy (non-hydrogen) atoms. The van der Waals surface area contributed by atoms with Gasteiger partial charge in [-0.05, 0) is 19.1 Å². The van der Waals surface area contributed by atoms with Crippen molar-refractivity contribution in [3.8, 4) is 5.69 Å². The molecule has 0 bridgehead atoms. The van der Waals surface area contributed by atoms with E-state index in [1.807, 2.05) is 25.2 Å². The SMILES string of the molecule is Cc1cn(-c2ccccc2)[n+](C)c1. The third-order valence-corrected chi connectivity index (χ3v) is 2.08. The molecule has 0 fully saturated rings. The van der Waals surface area contributed by atoms with Crippen LogP contribution < -0.4 is 4.68 Å². The minimum atomic E-state index is 1.19. The lowest BCUT2D eigenvalue weighted by atomic mass is 10.3.